The fourth-order valence-electron chi connectivity index (χ4n) is 2.55. The van der Waals surface area contributed by atoms with Gasteiger partial charge >= 0.3 is 0 Å². The summed E-state index contributed by atoms with van der Waals surface area (Å²) in [7, 11) is -6.78. The van der Waals surface area contributed by atoms with Gasteiger partial charge in [0.1, 0.15) is 5.78 Å². The fraction of sp³-hybridized carbons (Fsp3) is 0.632. The molecule has 0 amide bonds. The number of ketones is 1. The highest BCUT2D eigenvalue weighted by atomic mass is 16.5. The third-order valence-corrected chi connectivity index (χ3v) is 3.52. The fourth-order valence-corrected chi connectivity index (χ4v) is 2.55. The van der Waals surface area contributed by atoms with Gasteiger partial charge in [-0.25, -0.2) is 0 Å². The molecule has 0 saturated carbocycles. The number of fused-ring (bicyclic) bond motifs is 3. The molecule has 4 heteroatoms. The molecular weight excluding hydrogens is 290 g/mol. The van der Waals surface area contributed by atoms with Crippen LogP contribution < -0.4 is 9.47 Å². The van der Waals surface area contributed by atoms with E-state index in [4.69, 9.17) is 30.0 Å². The Kier molecular flexibility index (Phi) is 1.63. The average molecular weight is 334 g/mol. The van der Waals surface area contributed by atoms with Crippen molar-refractivity contribution in [1.29, 1.82) is 0 Å². The first-order chi connectivity index (χ1) is 17.2. The van der Waals surface area contributed by atoms with E-state index in [1.807, 2.05) is 0 Å². The monoisotopic (exact) mass is 333 g/mol. The van der Waals surface area contributed by atoms with E-state index in [0.29, 0.717) is 4.90 Å². The molecule has 0 aromatic heterocycles. The lowest BCUT2D eigenvalue weighted by Crippen LogP contribution is -2.46. The van der Waals surface area contributed by atoms with Gasteiger partial charge in [-0.05, 0) is 41.9 Å². The number of hydrogen-bond donors (Lipinski definition) is 0. The molecule has 0 bridgehead atoms. The molecule has 2 atom stereocenters. The van der Waals surface area contributed by atoms with Crippen LogP contribution in [0.3, 0.4) is 0 Å². The quantitative estimate of drug-likeness (QED) is 0.848. The maximum Gasteiger partial charge on any atom is 0.161 e. The van der Waals surface area contributed by atoms with Gasteiger partial charge in [-0.2, -0.15) is 0 Å². The van der Waals surface area contributed by atoms with Crippen LogP contribution in [0.25, 0.3) is 0 Å². The predicted molar refractivity (Wildman–Crippen MR) is 90.1 cm³/mol. The first-order valence-corrected chi connectivity index (χ1v) is 7.05. The van der Waals surface area contributed by atoms with Gasteiger partial charge in [0.25, 0.3) is 0 Å². The standard InChI is InChI=1S/C19H27NO3/c1-12(2)7-14-11-20-6-5-13-8-18(22-3)19(23-4)9-15(13)16(20)10-17(14)21/h8-9,12,14,16H,5-7,10-11H2,1-4H3/i3D3,4D3,5D2,6D2,8D,9D,10D2,14D,16D. The molecule has 126 valence electrons. The Morgan fingerprint density at radius 3 is 2.87 bits per heavy atom. The molecule has 1 saturated heterocycles. The molecule has 2 aliphatic heterocycles. The molecular formula is C19H27NO3. The maximum atomic E-state index is 13.5. The summed E-state index contributed by atoms with van der Waals surface area (Å²) in [5.41, 5.74) is -2.30. The molecule has 3 rings (SSSR count). The highest BCUT2D eigenvalue weighted by molar-refractivity contribution is 5.83. The number of Topliss-reactive ketones (excluding diaryl/α,β-unsaturated/α-hetero) is 1. The number of methoxy groups -OCH3 is 2. The van der Waals surface area contributed by atoms with Gasteiger partial charge < -0.3 is 9.47 Å². The van der Waals surface area contributed by atoms with Gasteiger partial charge in [0.2, 0.25) is 0 Å². The van der Waals surface area contributed by atoms with Crippen LogP contribution in [0.15, 0.2) is 12.1 Å². The Morgan fingerprint density at radius 1 is 1.43 bits per heavy atom. The van der Waals surface area contributed by atoms with Crippen molar-refractivity contribution in [3.05, 3.63) is 23.2 Å². The van der Waals surface area contributed by atoms with E-state index in [1.165, 1.54) is 0 Å². The molecule has 23 heavy (non-hydrogen) atoms. The van der Waals surface area contributed by atoms with Gasteiger partial charge in [-0.15, -0.1) is 0 Å². The number of benzene rings is 1. The predicted octanol–water partition coefficient (Wildman–Crippen LogP) is 3.24. The summed E-state index contributed by atoms with van der Waals surface area (Å²) in [6.07, 6.45) is -7.17. The van der Waals surface area contributed by atoms with E-state index < -0.39 is 92.3 Å². The van der Waals surface area contributed by atoms with Crippen molar-refractivity contribution >= 4 is 5.78 Å². The van der Waals surface area contributed by atoms with Crippen LogP contribution in [0, 0.1) is 11.8 Å². The van der Waals surface area contributed by atoms with E-state index in [0.717, 1.165) is 0 Å². The summed E-state index contributed by atoms with van der Waals surface area (Å²) in [5, 5.41) is 0. The number of carbonyl (C=O) groups excluding carboxylic acids is 1. The Bertz CT molecular complexity index is 1190. The van der Waals surface area contributed by atoms with Gasteiger partial charge in [-0.3, -0.25) is 9.69 Å². The van der Waals surface area contributed by atoms with Gasteiger partial charge in [-0.1, -0.05) is 13.8 Å². The molecule has 0 radical (unpaired) electrons. The normalized spacial score (nSPS) is 48.6. The van der Waals surface area contributed by atoms with Crippen LogP contribution in [0.2, 0.25) is 0 Å². The van der Waals surface area contributed by atoms with Crippen molar-refractivity contribution < 1.29 is 36.2 Å². The van der Waals surface area contributed by atoms with Crippen LogP contribution in [0.1, 0.15) is 65.7 Å². The number of rotatable bonds is 4. The molecule has 2 unspecified atom stereocenters. The van der Waals surface area contributed by atoms with Crippen molar-refractivity contribution in [2.24, 2.45) is 11.8 Å². The second-order valence-corrected chi connectivity index (χ2v) is 5.69. The van der Waals surface area contributed by atoms with Crippen molar-refractivity contribution in [3.8, 4) is 11.5 Å². The van der Waals surface area contributed by atoms with Crippen molar-refractivity contribution in [1.82, 2.24) is 4.90 Å². The Morgan fingerprint density at radius 2 is 2.17 bits per heavy atom. The summed E-state index contributed by atoms with van der Waals surface area (Å²) >= 11 is 0. The van der Waals surface area contributed by atoms with E-state index in [9.17, 15) is 6.17 Å². The van der Waals surface area contributed by atoms with E-state index in [1.54, 1.807) is 13.8 Å². The minimum absolute atomic E-state index is 0.278. The number of piperidine rings is 1. The molecule has 1 fully saturated rings. The van der Waals surface area contributed by atoms with Crippen LogP contribution >= 0.6 is 0 Å². The average Bonchev–Trinajstić information content (AvgIpc) is 2.71. The minimum Gasteiger partial charge on any atom is -0.493 e. The Balaban J connectivity index is 2.55. The topological polar surface area (TPSA) is 38.8 Å². The second-order valence-electron chi connectivity index (χ2n) is 5.69. The largest absolute Gasteiger partial charge is 0.493 e. The lowest BCUT2D eigenvalue weighted by molar-refractivity contribution is -0.129. The zero-order valence-electron chi connectivity index (χ0n) is 28.7. The lowest BCUT2D eigenvalue weighted by atomic mass is 9.80. The van der Waals surface area contributed by atoms with Gasteiger partial charge in [0, 0.05) is 40.9 Å². The second kappa shape index (κ2) is 6.52. The molecule has 0 aliphatic carbocycles. The zero-order valence-corrected chi connectivity index (χ0v) is 12.7. The van der Waals surface area contributed by atoms with Crippen molar-refractivity contribution in [2.75, 3.05) is 27.1 Å². The summed E-state index contributed by atoms with van der Waals surface area (Å²) in [6, 6.07) is -5.90. The zero-order chi connectivity index (χ0) is 30.5. The van der Waals surface area contributed by atoms with E-state index >= 15 is 0 Å². The van der Waals surface area contributed by atoms with Gasteiger partial charge in [0.05, 0.1) is 26.4 Å². The summed E-state index contributed by atoms with van der Waals surface area (Å²) in [5.74, 6) is -6.68. The third kappa shape index (κ3) is 3.09. The van der Waals surface area contributed by atoms with Crippen molar-refractivity contribution in [3.63, 3.8) is 0 Å². The maximum absolute atomic E-state index is 13.5. The lowest BCUT2D eigenvalue weighted by Gasteiger charge is -2.43. The first-order valence-electron chi connectivity index (χ1n) is 15.1. The SMILES string of the molecule is [2H]c1c(OC([2H])([2H])[2H])c(OC([2H])([2H])[2H])c([2H])c2c1C([2H])([2H])C([2H])([2H])N1CC([2H])(CC(C)C)C(=O)C([2H])([2H])C21[2H]. The number of ether oxygens (including phenoxy) is 2. The molecule has 2 aliphatic rings. The molecule has 0 N–H and O–H groups in total. The van der Waals surface area contributed by atoms with Gasteiger partial charge in [0.15, 0.2) is 11.5 Å². The number of carbonyl (C=O) groups is 1. The summed E-state index contributed by atoms with van der Waals surface area (Å²) < 4.78 is 141. The summed E-state index contributed by atoms with van der Waals surface area (Å²) in [6.45, 7) is -1.12. The Labute approximate surface area is 161 Å². The van der Waals surface area contributed by atoms with E-state index in [2.05, 4.69) is 0 Å². The minimum atomic E-state index is -3.51. The summed E-state index contributed by atoms with van der Waals surface area (Å²) in [4.78, 5) is 13.8. The van der Waals surface area contributed by atoms with E-state index in [-0.39, 0.29) is 12.3 Å². The van der Waals surface area contributed by atoms with Crippen LogP contribution in [-0.2, 0) is 11.2 Å². The third-order valence-electron chi connectivity index (χ3n) is 3.52. The molecule has 4 nitrogen and oxygen atoms in total. The molecule has 1 aromatic carbocycles. The first kappa shape index (κ1) is 5.76. The Hall–Kier alpha value is -1.55. The smallest absolute Gasteiger partial charge is 0.161 e. The molecule has 0 spiro atoms. The number of hydrogen-bond acceptors (Lipinski definition) is 4. The number of nitrogens with zero attached hydrogens (tertiary/aromatic N) is 1. The molecule has 1 aromatic rings. The van der Waals surface area contributed by atoms with Crippen LogP contribution in [-0.4, -0.2) is 37.8 Å². The van der Waals surface area contributed by atoms with Crippen molar-refractivity contribution in [2.45, 2.75) is 39.0 Å². The molecule has 2 heterocycles. The van der Waals surface area contributed by atoms with Crippen LogP contribution in [0.5, 0.6) is 11.5 Å². The highest BCUT2D eigenvalue weighted by Crippen LogP contribution is 2.42. The highest BCUT2D eigenvalue weighted by Gasteiger charge is 2.38. The van der Waals surface area contributed by atoms with Crippen LogP contribution in [0.4, 0.5) is 0 Å².